The highest BCUT2D eigenvalue weighted by Gasteiger charge is 2.36. The van der Waals surface area contributed by atoms with Gasteiger partial charge in [0, 0.05) is 17.7 Å². The van der Waals surface area contributed by atoms with E-state index in [1.54, 1.807) is 18.2 Å². The van der Waals surface area contributed by atoms with E-state index in [0.29, 0.717) is 16.8 Å². The zero-order chi connectivity index (χ0) is 24.8. The zero-order valence-corrected chi connectivity index (χ0v) is 18.5. The van der Waals surface area contributed by atoms with Gasteiger partial charge in [-0.1, -0.05) is 17.9 Å². The number of nitrogens with two attached hydrogens (primary N) is 3. The lowest BCUT2D eigenvalue weighted by Crippen LogP contribution is -2.32. The number of nitrogens with zero attached hydrogens (tertiary/aromatic N) is 3. The number of benzene rings is 1. The van der Waals surface area contributed by atoms with Gasteiger partial charge in [0.1, 0.15) is 7.05 Å². The van der Waals surface area contributed by atoms with Gasteiger partial charge in [0.15, 0.2) is 12.2 Å². The lowest BCUT2D eigenvalue weighted by molar-refractivity contribution is -0.660. The van der Waals surface area contributed by atoms with Crippen LogP contribution in [0.4, 0.5) is 5.69 Å². The normalized spacial score (nSPS) is 17.7. The smallest absolute Gasteiger partial charge is 0.307 e. The molecule has 2 atom stereocenters. The number of aryl methyl sites for hydroxylation is 1. The molecule has 10 nitrogen and oxygen atoms in total. The topological polar surface area (TPSA) is 181 Å². The van der Waals surface area contributed by atoms with Gasteiger partial charge in [0.25, 0.3) is 0 Å². The summed E-state index contributed by atoms with van der Waals surface area (Å²) in [6, 6.07) is 11.1. The van der Waals surface area contributed by atoms with Crippen molar-refractivity contribution in [1.29, 1.82) is 0 Å². The van der Waals surface area contributed by atoms with Gasteiger partial charge in [0.2, 0.25) is 11.7 Å². The Hall–Kier alpha value is -4.65. The summed E-state index contributed by atoms with van der Waals surface area (Å²) in [5, 5.41) is 18.8. The van der Waals surface area contributed by atoms with Crippen LogP contribution in [0.2, 0.25) is 0 Å². The second-order valence-electron chi connectivity index (χ2n) is 7.74. The summed E-state index contributed by atoms with van der Waals surface area (Å²) >= 11 is 0. The fourth-order valence-corrected chi connectivity index (χ4v) is 3.70. The lowest BCUT2D eigenvalue weighted by atomic mass is 9.79. The average Bonchev–Trinajstić information content (AvgIpc) is 2.77. The minimum absolute atomic E-state index is 0.0447. The molecule has 0 aliphatic heterocycles. The van der Waals surface area contributed by atoms with E-state index in [9.17, 15) is 19.8 Å². The number of aromatic nitrogens is 1. The average molecular weight is 462 g/mol. The predicted molar refractivity (Wildman–Crippen MR) is 127 cm³/mol. The van der Waals surface area contributed by atoms with Crippen LogP contribution in [0.3, 0.4) is 0 Å². The van der Waals surface area contributed by atoms with Crippen LogP contribution in [-0.4, -0.2) is 34.1 Å². The Morgan fingerprint density at radius 2 is 1.79 bits per heavy atom. The Morgan fingerprint density at radius 1 is 1.06 bits per heavy atom. The van der Waals surface area contributed by atoms with E-state index in [1.165, 1.54) is 0 Å². The largest absolute Gasteiger partial charge is 0.481 e. The summed E-state index contributed by atoms with van der Waals surface area (Å²) in [6.45, 7) is 0. The minimum atomic E-state index is -1.15. The molecule has 2 aromatic rings. The number of hydrogen-bond donors (Lipinski definition) is 5. The molecule has 8 N–H and O–H groups in total. The van der Waals surface area contributed by atoms with Crippen molar-refractivity contribution in [2.24, 2.45) is 46.1 Å². The zero-order valence-electron chi connectivity index (χ0n) is 18.5. The van der Waals surface area contributed by atoms with Crippen LogP contribution in [0, 0.1) is 23.7 Å². The first-order valence-corrected chi connectivity index (χ1v) is 10.3. The third-order valence-electron chi connectivity index (χ3n) is 5.36. The minimum Gasteiger partial charge on any atom is -0.481 e. The molecule has 10 heteroatoms. The molecule has 174 valence electrons. The molecule has 3 rings (SSSR count). The van der Waals surface area contributed by atoms with Crippen LogP contribution in [-0.2, 0) is 16.6 Å². The second-order valence-corrected chi connectivity index (χ2v) is 7.74. The van der Waals surface area contributed by atoms with Gasteiger partial charge >= 0.3 is 11.9 Å². The van der Waals surface area contributed by atoms with Gasteiger partial charge in [-0.25, -0.2) is 9.56 Å². The molecule has 34 heavy (non-hydrogen) atoms. The molecule has 0 bridgehead atoms. The Kier molecular flexibility index (Phi) is 7.28. The third-order valence-corrected chi connectivity index (χ3v) is 5.36. The maximum atomic E-state index is 11.6. The van der Waals surface area contributed by atoms with E-state index in [4.69, 9.17) is 17.2 Å². The number of hydrogen-bond acceptors (Lipinski definition) is 3. The number of carboxylic acids is 2. The summed E-state index contributed by atoms with van der Waals surface area (Å²) in [5.74, 6) is 1.51. The highest BCUT2D eigenvalue weighted by molar-refractivity contribution is 5.93. The molecule has 1 aliphatic rings. The summed E-state index contributed by atoms with van der Waals surface area (Å²) in [6.07, 6.45) is 3.74. The molecule has 1 aromatic heterocycles. The Labute approximate surface area is 196 Å². The Bertz CT molecular complexity index is 1280. The first-order valence-electron chi connectivity index (χ1n) is 10.3. The van der Waals surface area contributed by atoms with Gasteiger partial charge in [-0.3, -0.25) is 9.59 Å². The second kappa shape index (κ2) is 10.3. The van der Waals surface area contributed by atoms with Crippen molar-refractivity contribution in [1.82, 2.24) is 0 Å². The molecule has 0 amide bonds. The number of aliphatic carboxylic acids is 2. The van der Waals surface area contributed by atoms with Crippen LogP contribution in [0.15, 0.2) is 64.2 Å². The van der Waals surface area contributed by atoms with Crippen molar-refractivity contribution < 1.29 is 24.4 Å². The number of carbonyl (C=O) groups is 2. The van der Waals surface area contributed by atoms with Crippen molar-refractivity contribution in [3.8, 4) is 23.1 Å². The quantitative estimate of drug-likeness (QED) is 0.194. The maximum Gasteiger partial charge on any atom is 0.307 e. The maximum absolute atomic E-state index is 11.6. The van der Waals surface area contributed by atoms with Crippen molar-refractivity contribution in [3.05, 3.63) is 59.8 Å². The number of pyridine rings is 1. The molecule has 0 saturated heterocycles. The lowest BCUT2D eigenvalue weighted by Gasteiger charge is -2.23. The summed E-state index contributed by atoms with van der Waals surface area (Å²) in [5.41, 5.74) is 19.8. The highest BCUT2D eigenvalue weighted by atomic mass is 16.4. The molecular formula is C24H25N6O4+. The fraction of sp³-hybridized carbons (Fsp3) is 0.208. The number of carboxylic acid groups (broad SMARTS) is 2. The Balaban J connectivity index is 2.06. The number of aliphatic imine (C=N–C) groups is 2. The van der Waals surface area contributed by atoms with Crippen LogP contribution in [0.1, 0.15) is 18.4 Å². The van der Waals surface area contributed by atoms with E-state index >= 15 is 0 Å². The first kappa shape index (κ1) is 24.0. The predicted octanol–water partition coefficient (Wildman–Crippen LogP) is 0.871. The van der Waals surface area contributed by atoms with Gasteiger partial charge in [-0.05, 0) is 42.7 Å². The van der Waals surface area contributed by atoms with Gasteiger partial charge < -0.3 is 27.4 Å². The number of allylic oxidation sites excluding steroid dienone is 2. The van der Waals surface area contributed by atoms with Gasteiger partial charge in [-0.15, -0.1) is 0 Å². The number of rotatable bonds is 4. The van der Waals surface area contributed by atoms with E-state index in [0.717, 1.165) is 11.3 Å². The van der Waals surface area contributed by atoms with Crippen LogP contribution in [0.25, 0.3) is 11.3 Å². The van der Waals surface area contributed by atoms with E-state index in [2.05, 4.69) is 21.8 Å². The first-order chi connectivity index (χ1) is 16.2. The summed E-state index contributed by atoms with van der Waals surface area (Å²) in [7, 11) is 1.91. The van der Waals surface area contributed by atoms with Crippen LogP contribution in [0.5, 0.6) is 0 Å². The van der Waals surface area contributed by atoms with Crippen molar-refractivity contribution in [3.63, 3.8) is 0 Å². The van der Waals surface area contributed by atoms with Gasteiger partial charge in [0.05, 0.1) is 23.1 Å². The summed E-state index contributed by atoms with van der Waals surface area (Å²) in [4.78, 5) is 30.9. The fourth-order valence-electron chi connectivity index (χ4n) is 3.70. The molecule has 1 aliphatic carbocycles. The SMILES string of the molecule is C[n+]1ccccc1-c1ccc(N=C(N)N=C(N)N)cc1C#CC1=CC[C@H](C(=O)O)[C@H](C(=O)O)C1. The van der Waals surface area contributed by atoms with Gasteiger partial charge in [-0.2, -0.15) is 4.99 Å². The number of guanidine groups is 2. The highest BCUT2D eigenvalue weighted by Crippen LogP contribution is 2.31. The van der Waals surface area contributed by atoms with E-state index < -0.39 is 23.8 Å². The molecule has 0 unspecified atom stereocenters. The van der Waals surface area contributed by atoms with Crippen LogP contribution < -0.4 is 21.8 Å². The van der Waals surface area contributed by atoms with Crippen molar-refractivity contribution in [2.75, 3.05) is 0 Å². The van der Waals surface area contributed by atoms with Crippen molar-refractivity contribution >= 4 is 29.5 Å². The standard InChI is InChI=1S/C24H24N6O4/c1-30-11-3-2-4-20(30)17-10-8-16(28-24(27)29-23(25)26)13-15(17)7-5-14-6-9-18(21(31)32)19(12-14)22(33)34/h2-4,6,8,10-11,13,18-19H,9,12H2,1H3,(H7,25,26,27,29,31,32,33,34)/p+1/t18-,19+/m0/s1. The molecule has 0 fully saturated rings. The van der Waals surface area contributed by atoms with E-state index in [-0.39, 0.29) is 24.8 Å². The molecule has 0 saturated carbocycles. The third kappa shape index (κ3) is 5.77. The molecule has 0 radical (unpaired) electrons. The Morgan fingerprint density at radius 3 is 2.44 bits per heavy atom. The molecular weight excluding hydrogens is 436 g/mol. The molecule has 1 aromatic carbocycles. The molecule has 0 spiro atoms. The van der Waals surface area contributed by atoms with Crippen LogP contribution >= 0.6 is 0 Å². The monoisotopic (exact) mass is 461 g/mol. The van der Waals surface area contributed by atoms with Crippen molar-refractivity contribution in [2.45, 2.75) is 12.8 Å². The molecule has 1 heterocycles. The van der Waals surface area contributed by atoms with E-state index in [1.807, 2.05) is 42.1 Å². The summed E-state index contributed by atoms with van der Waals surface area (Å²) < 4.78 is 1.94.